The second-order valence-electron chi connectivity index (χ2n) is 10.2. The van der Waals surface area contributed by atoms with Crippen molar-refractivity contribution in [2.45, 2.75) is 26.8 Å². The molecule has 226 valence electrons. The van der Waals surface area contributed by atoms with Gasteiger partial charge in [0, 0.05) is 52.9 Å². The Bertz CT molecular complexity index is 1980. The number of methoxy groups -OCH3 is 2. The van der Waals surface area contributed by atoms with Crippen LogP contribution in [0.3, 0.4) is 0 Å². The lowest BCUT2D eigenvalue weighted by atomic mass is 10.0. The van der Waals surface area contributed by atoms with Gasteiger partial charge in [0.2, 0.25) is 5.43 Å². The minimum atomic E-state index is -0.728. The molecule has 0 bridgehead atoms. The molecule has 0 aliphatic carbocycles. The van der Waals surface area contributed by atoms with E-state index in [0.717, 1.165) is 6.07 Å². The first-order valence-corrected chi connectivity index (χ1v) is 14.3. The number of carbonyl (C=O) groups is 1. The fourth-order valence-electron chi connectivity index (χ4n) is 4.93. The van der Waals surface area contributed by atoms with Crippen LogP contribution >= 0.6 is 23.2 Å². The van der Waals surface area contributed by atoms with Crippen LogP contribution in [0.15, 0.2) is 71.8 Å². The van der Waals surface area contributed by atoms with Crippen molar-refractivity contribution in [3.05, 3.63) is 104 Å². The van der Waals surface area contributed by atoms with E-state index in [4.69, 9.17) is 37.4 Å². The number of pyridine rings is 2. The first kappa shape index (κ1) is 30.8. The van der Waals surface area contributed by atoms with Crippen LogP contribution in [0.5, 0.6) is 23.0 Å². The van der Waals surface area contributed by atoms with Gasteiger partial charge in [0.1, 0.15) is 11.3 Å². The van der Waals surface area contributed by atoms with E-state index in [9.17, 15) is 9.59 Å². The molecule has 2 heterocycles. The Morgan fingerprint density at radius 2 is 1.66 bits per heavy atom. The number of nitrogens with one attached hydrogen (secondary N) is 1. The van der Waals surface area contributed by atoms with Crippen LogP contribution in [0, 0.1) is 12.7 Å². The summed E-state index contributed by atoms with van der Waals surface area (Å²) >= 11 is 12.3. The molecule has 1 amide bonds. The molecule has 5 rings (SSSR count). The highest BCUT2D eigenvalue weighted by Gasteiger charge is 2.22. The number of ether oxygens (including phenoxy) is 3. The van der Waals surface area contributed by atoms with E-state index in [-0.39, 0.29) is 28.1 Å². The molecule has 0 saturated heterocycles. The number of hydrogen-bond acceptors (Lipinski definition) is 6. The molecular formula is C33H28Cl2FN3O5. The molecule has 5 aromatic rings. The van der Waals surface area contributed by atoms with E-state index < -0.39 is 17.2 Å². The first-order chi connectivity index (χ1) is 21.0. The highest BCUT2D eigenvalue weighted by atomic mass is 35.5. The SMILES string of the molecule is COc1cc2nccc(Oc3ccc(NC(=O)c4cn(C(C)C)c(C)c(-c5ccc(Cl)c(Cl)c5)c4=O)cc3F)c2cc1OC. The van der Waals surface area contributed by atoms with Crippen LogP contribution < -0.4 is 25.0 Å². The first-order valence-electron chi connectivity index (χ1n) is 13.5. The number of hydrogen-bond donors (Lipinski definition) is 1. The van der Waals surface area contributed by atoms with Crippen molar-refractivity contribution in [3.8, 4) is 34.1 Å². The van der Waals surface area contributed by atoms with Crippen LogP contribution in [0.25, 0.3) is 22.0 Å². The normalized spacial score (nSPS) is 11.1. The number of rotatable bonds is 8. The molecule has 0 unspecified atom stereocenters. The minimum Gasteiger partial charge on any atom is -0.493 e. The predicted octanol–water partition coefficient (Wildman–Crippen LogP) is 8.46. The Hall–Kier alpha value is -4.60. The molecule has 1 N–H and O–H groups in total. The zero-order valence-electron chi connectivity index (χ0n) is 24.5. The third-order valence-corrected chi connectivity index (χ3v) is 7.85. The number of carbonyl (C=O) groups excluding carboxylic acids is 1. The summed E-state index contributed by atoms with van der Waals surface area (Å²) in [5.41, 5.74) is 1.60. The third kappa shape index (κ3) is 5.93. The van der Waals surface area contributed by atoms with E-state index in [1.54, 1.807) is 43.3 Å². The summed E-state index contributed by atoms with van der Waals surface area (Å²) in [5, 5.41) is 3.85. The van der Waals surface area contributed by atoms with Gasteiger partial charge in [0.05, 0.1) is 29.8 Å². The van der Waals surface area contributed by atoms with E-state index in [1.807, 2.05) is 18.4 Å². The maximum absolute atomic E-state index is 15.3. The number of halogens is 3. The third-order valence-electron chi connectivity index (χ3n) is 7.11. The van der Waals surface area contributed by atoms with Crippen LogP contribution in [0.4, 0.5) is 10.1 Å². The van der Waals surface area contributed by atoms with Crippen LogP contribution in [-0.4, -0.2) is 29.7 Å². The fraction of sp³-hybridized carbons (Fsp3) is 0.182. The van der Waals surface area contributed by atoms with E-state index >= 15 is 4.39 Å². The van der Waals surface area contributed by atoms with Gasteiger partial charge in [-0.15, -0.1) is 0 Å². The predicted molar refractivity (Wildman–Crippen MR) is 171 cm³/mol. The van der Waals surface area contributed by atoms with Gasteiger partial charge in [0.25, 0.3) is 5.91 Å². The van der Waals surface area contributed by atoms with E-state index in [1.165, 1.54) is 38.7 Å². The van der Waals surface area contributed by atoms with Gasteiger partial charge in [0.15, 0.2) is 23.1 Å². The molecule has 0 spiro atoms. The largest absolute Gasteiger partial charge is 0.493 e. The van der Waals surface area contributed by atoms with E-state index in [0.29, 0.717) is 50.0 Å². The van der Waals surface area contributed by atoms with Crippen molar-refractivity contribution >= 4 is 45.7 Å². The lowest BCUT2D eigenvalue weighted by Gasteiger charge is -2.20. The molecular weight excluding hydrogens is 608 g/mol. The second kappa shape index (κ2) is 12.6. The number of amides is 1. The molecule has 0 saturated carbocycles. The average molecular weight is 637 g/mol. The molecule has 0 aliphatic rings. The number of aromatic nitrogens is 2. The highest BCUT2D eigenvalue weighted by Crippen LogP contribution is 2.38. The Morgan fingerprint density at radius 3 is 2.32 bits per heavy atom. The van der Waals surface area contributed by atoms with Crippen molar-refractivity contribution in [3.63, 3.8) is 0 Å². The summed E-state index contributed by atoms with van der Waals surface area (Å²) in [7, 11) is 3.03. The molecule has 0 radical (unpaired) electrons. The summed E-state index contributed by atoms with van der Waals surface area (Å²) in [6.07, 6.45) is 3.04. The van der Waals surface area contributed by atoms with Crippen molar-refractivity contribution in [2.75, 3.05) is 19.5 Å². The second-order valence-corrected chi connectivity index (χ2v) is 11.0. The van der Waals surface area contributed by atoms with Gasteiger partial charge in [-0.25, -0.2) is 4.39 Å². The number of fused-ring (bicyclic) bond motifs is 1. The lowest BCUT2D eigenvalue weighted by molar-refractivity contribution is 0.102. The maximum atomic E-state index is 15.3. The molecule has 11 heteroatoms. The Kier molecular flexibility index (Phi) is 8.80. The maximum Gasteiger partial charge on any atom is 0.261 e. The molecule has 0 aliphatic heterocycles. The quantitative estimate of drug-likeness (QED) is 0.184. The summed E-state index contributed by atoms with van der Waals surface area (Å²) in [6, 6.07) is 13.8. The zero-order valence-corrected chi connectivity index (χ0v) is 26.0. The van der Waals surface area contributed by atoms with Gasteiger partial charge in [-0.3, -0.25) is 14.6 Å². The fourth-order valence-corrected chi connectivity index (χ4v) is 5.23. The Labute approximate surface area is 262 Å². The Balaban J connectivity index is 1.46. The number of anilines is 1. The molecule has 3 aromatic carbocycles. The Morgan fingerprint density at radius 1 is 0.932 bits per heavy atom. The van der Waals surface area contributed by atoms with Gasteiger partial charge < -0.3 is 24.1 Å². The molecule has 2 aromatic heterocycles. The molecule has 0 fully saturated rings. The van der Waals surface area contributed by atoms with Gasteiger partial charge in [-0.2, -0.15) is 0 Å². The summed E-state index contributed by atoms with van der Waals surface area (Å²) < 4.78 is 33.7. The van der Waals surface area contributed by atoms with E-state index in [2.05, 4.69) is 10.3 Å². The molecule has 44 heavy (non-hydrogen) atoms. The zero-order chi connectivity index (χ0) is 31.7. The molecule has 8 nitrogen and oxygen atoms in total. The molecule has 0 atom stereocenters. The smallest absolute Gasteiger partial charge is 0.261 e. The number of benzene rings is 3. The minimum absolute atomic E-state index is 0.0668. The van der Waals surface area contributed by atoms with Crippen LogP contribution in [-0.2, 0) is 0 Å². The van der Waals surface area contributed by atoms with Gasteiger partial charge >= 0.3 is 0 Å². The average Bonchev–Trinajstić information content (AvgIpc) is 2.99. The highest BCUT2D eigenvalue weighted by molar-refractivity contribution is 6.42. The van der Waals surface area contributed by atoms with Crippen LogP contribution in [0.1, 0.15) is 35.9 Å². The number of nitrogens with zero attached hydrogens (tertiary/aromatic N) is 2. The van der Waals surface area contributed by atoms with Gasteiger partial charge in [-0.05, 0) is 62.7 Å². The standard InChI is InChI=1S/C33H28Cl2FN3O5/c1-17(2)39-16-22(32(40)31(18(39)3)19-6-8-23(34)24(35)12-19)33(41)38-20-7-9-28(25(36)13-20)44-27-10-11-37-26-15-30(43-5)29(42-4)14-21(26)27/h6-17H,1-5H3,(H,38,41). The summed E-state index contributed by atoms with van der Waals surface area (Å²) in [6.45, 7) is 5.67. The van der Waals surface area contributed by atoms with Crippen molar-refractivity contribution in [1.29, 1.82) is 0 Å². The summed E-state index contributed by atoms with van der Waals surface area (Å²) in [5.74, 6) is -0.201. The lowest BCUT2D eigenvalue weighted by Crippen LogP contribution is -2.27. The monoisotopic (exact) mass is 635 g/mol. The van der Waals surface area contributed by atoms with Crippen molar-refractivity contribution in [1.82, 2.24) is 9.55 Å². The van der Waals surface area contributed by atoms with Gasteiger partial charge in [-0.1, -0.05) is 29.3 Å². The summed E-state index contributed by atoms with van der Waals surface area (Å²) in [4.78, 5) is 31.4. The topological polar surface area (TPSA) is 91.7 Å². The van der Waals surface area contributed by atoms with Crippen molar-refractivity contribution in [2.24, 2.45) is 0 Å². The van der Waals surface area contributed by atoms with Crippen molar-refractivity contribution < 1.29 is 23.4 Å². The van der Waals surface area contributed by atoms with Crippen LogP contribution in [0.2, 0.25) is 10.0 Å².